The van der Waals surface area contributed by atoms with Crippen LogP contribution >= 0.6 is 0 Å². The van der Waals surface area contributed by atoms with Gasteiger partial charge in [0, 0.05) is 45.0 Å². The van der Waals surface area contributed by atoms with Crippen LogP contribution in [0.25, 0.3) is 0 Å². The van der Waals surface area contributed by atoms with E-state index in [1.807, 2.05) is 12.3 Å². The van der Waals surface area contributed by atoms with Gasteiger partial charge in [0.25, 0.3) is 0 Å². The fraction of sp³-hybridized carbons (Fsp3) is 0.524. The van der Waals surface area contributed by atoms with Gasteiger partial charge in [-0.25, -0.2) is 4.98 Å². The van der Waals surface area contributed by atoms with Crippen molar-refractivity contribution >= 4 is 11.8 Å². The zero-order valence-electron chi connectivity index (χ0n) is 16.3. The number of morpholine rings is 1. The Morgan fingerprint density at radius 3 is 2.81 bits per heavy atom. The van der Waals surface area contributed by atoms with Crippen LogP contribution in [-0.4, -0.2) is 60.3 Å². The zero-order chi connectivity index (χ0) is 18.6. The molecule has 0 saturated carbocycles. The number of likely N-dealkylation sites (tertiary alicyclic amines) is 1. The monoisotopic (exact) mass is 367 g/mol. The lowest BCUT2D eigenvalue weighted by Gasteiger charge is -2.27. The van der Waals surface area contributed by atoms with Gasteiger partial charge in [0.2, 0.25) is 5.95 Å². The van der Waals surface area contributed by atoms with Crippen LogP contribution in [0, 0.1) is 13.8 Å². The van der Waals surface area contributed by atoms with Gasteiger partial charge in [-0.1, -0.05) is 23.8 Å². The molecule has 0 amide bonds. The summed E-state index contributed by atoms with van der Waals surface area (Å²) in [4.78, 5) is 13.9. The molecule has 1 aromatic carbocycles. The number of nitrogens with zero attached hydrogens (tertiary/aromatic N) is 4. The summed E-state index contributed by atoms with van der Waals surface area (Å²) in [7, 11) is 0. The molecule has 3 heterocycles. The third-order valence-electron chi connectivity index (χ3n) is 5.45. The Labute approximate surface area is 161 Å². The summed E-state index contributed by atoms with van der Waals surface area (Å²) in [5.74, 6) is 1.72. The zero-order valence-corrected chi connectivity index (χ0v) is 16.3. The largest absolute Gasteiger partial charge is 0.378 e. The summed E-state index contributed by atoms with van der Waals surface area (Å²) in [6.07, 6.45) is 2.99. The van der Waals surface area contributed by atoms with Crippen LogP contribution in [0.4, 0.5) is 11.8 Å². The van der Waals surface area contributed by atoms with Crippen molar-refractivity contribution in [1.82, 2.24) is 14.9 Å². The Balaban J connectivity index is 1.34. The highest BCUT2D eigenvalue weighted by molar-refractivity contribution is 5.42. The quantitative estimate of drug-likeness (QED) is 0.877. The first kappa shape index (κ1) is 18.2. The number of ether oxygens (including phenoxy) is 1. The lowest BCUT2D eigenvalue weighted by molar-refractivity contribution is 0.122. The minimum atomic E-state index is 0.434. The summed E-state index contributed by atoms with van der Waals surface area (Å²) >= 11 is 0. The first-order valence-corrected chi connectivity index (χ1v) is 9.88. The number of rotatable bonds is 5. The molecule has 1 atom stereocenters. The van der Waals surface area contributed by atoms with Gasteiger partial charge in [-0.3, -0.25) is 4.90 Å². The molecule has 0 aliphatic carbocycles. The van der Waals surface area contributed by atoms with E-state index in [4.69, 9.17) is 9.72 Å². The summed E-state index contributed by atoms with van der Waals surface area (Å²) in [5.41, 5.74) is 4.15. The second kappa shape index (κ2) is 8.23. The molecule has 2 aliphatic heterocycles. The lowest BCUT2D eigenvalue weighted by atomic mass is 10.1. The van der Waals surface area contributed by atoms with Crippen LogP contribution < -0.4 is 10.2 Å². The average molecular weight is 367 g/mol. The summed E-state index contributed by atoms with van der Waals surface area (Å²) in [6, 6.07) is 9.15. The number of nitrogens with one attached hydrogen (secondary N) is 1. The van der Waals surface area contributed by atoms with Gasteiger partial charge in [0.1, 0.15) is 5.82 Å². The van der Waals surface area contributed by atoms with Crippen molar-refractivity contribution in [2.45, 2.75) is 32.9 Å². The van der Waals surface area contributed by atoms with Crippen LogP contribution in [0.3, 0.4) is 0 Å². The van der Waals surface area contributed by atoms with E-state index in [0.717, 1.165) is 64.1 Å². The van der Waals surface area contributed by atoms with E-state index in [1.54, 1.807) is 0 Å². The maximum absolute atomic E-state index is 5.42. The molecule has 2 saturated heterocycles. The molecule has 2 fully saturated rings. The van der Waals surface area contributed by atoms with Crippen molar-refractivity contribution in [1.29, 1.82) is 0 Å². The third-order valence-corrected chi connectivity index (χ3v) is 5.45. The van der Waals surface area contributed by atoms with Crippen LogP contribution in [-0.2, 0) is 11.3 Å². The smallest absolute Gasteiger partial charge is 0.227 e. The van der Waals surface area contributed by atoms with E-state index in [0.29, 0.717) is 6.04 Å². The highest BCUT2D eigenvalue weighted by atomic mass is 16.5. The lowest BCUT2D eigenvalue weighted by Crippen LogP contribution is -2.37. The number of hydrogen-bond acceptors (Lipinski definition) is 6. The van der Waals surface area contributed by atoms with Gasteiger partial charge in [-0.05, 0) is 37.5 Å². The summed E-state index contributed by atoms with van der Waals surface area (Å²) in [5, 5.41) is 3.61. The molecule has 27 heavy (non-hydrogen) atoms. The Hall–Kier alpha value is -2.18. The molecule has 144 valence electrons. The van der Waals surface area contributed by atoms with E-state index in [2.05, 4.69) is 52.1 Å². The molecule has 0 radical (unpaired) electrons. The van der Waals surface area contributed by atoms with Crippen LogP contribution in [0.5, 0.6) is 0 Å². The van der Waals surface area contributed by atoms with Gasteiger partial charge >= 0.3 is 0 Å². The second-order valence-corrected chi connectivity index (χ2v) is 7.64. The van der Waals surface area contributed by atoms with Crippen molar-refractivity contribution < 1.29 is 4.74 Å². The molecule has 1 N–H and O–H groups in total. The van der Waals surface area contributed by atoms with Gasteiger partial charge in [-0.15, -0.1) is 0 Å². The predicted molar refractivity (Wildman–Crippen MR) is 108 cm³/mol. The SMILES string of the molecule is Cc1ccc(CN2CCC(Nc3ccnc(N4CCOCC4)n3)C2)c(C)c1. The molecule has 0 bridgehead atoms. The molecular formula is C21H29N5O. The van der Waals surface area contributed by atoms with Crippen LogP contribution in [0.15, 0.2) is 30.5 Å². The number of hydrogen-bond donors (Lipinski definition) is 1. The first-order chi connectivity index (χ1) is 13.2. The number of benzene rings is 1. The Kier molecular flexibility index (Phi) is 5.55. The molecular weight excluding hydrogens is 338 g/mol. The molecule has 1 unspecified atom stereocenters. The summed E-state index contributed by atoms with van der Waals surface area (Å²) in [6.45, 7) is 10.8. The van der Waals surface area contributed by atoms with Crippen molar-refractivity contribution in [2.24, 2.45) is 0 Å². The van der Waals surface area contributed by atoms with E-state index in [9.17, 15) is 0 Å². The highest BCUT2D eigenvalue weighted by Gasteiger charge is 2.23. The van der Waals surface area contributed by atoms with Crippen molar-refractivity contribution in [3.63, 3.8) is 0 Å². The van der Waals surface area contributed by atoms with Crippen molar-refractivity contribution in [2.75, 3.05) is 49.6 Å². The molecule has 0 spiro atoms. The second-order valence-electron chi connectivity index (χ2n) is 7.64. The number of aromatic nitrogens is 2. The minimum Gasteiger partial charge on any atom is -0.378 e. The Morgan fingerprint density at radius 2 is 2.00 bits per heavy atom. The molecule has 6 nitrogen and oxygen atoms in total. The van der Waals surface area contributed by atoms with E-state index in [1.165, 1.54) is 16.7 Å². The maximum atomic E-state index is 5.42. The molecule has 1 aromatic heterocycles. The van der Waals surface area contributed by atoms with Gasteiger partial charge in [0.05, 0.1) is 13.2 Å². The standard InChI is InChI=1S/C21H29N5O/c1-16-3-4-18(17(2)13-16)14-25-8-6-19(15-25)23-20-5-7-22-21(24-20)26-9-11-27-12-10-26/h3-5,7,13,19H,6,8-12,14-15H2,1-2H3,(H,22,23,24). The van der Waals surface area contributed by atoms with Crippen LogP contribution in [0.1, 0.15) is 23.1 Å². The van der Waals surface area contributed by atoms with Crippen LogP contribution in [0.2, 0.25) is 0 Å². The molecule has 2 aliphatic rings. The number of aryl methyl sites for hydroxylation is 2. The maximum Gasteiger partial charge on any atom is 0.227 e. The van der Waals surface area contributed by atoms with Crippen molar-refractivity contribution in [3.05, 3.63) is 47.2 Å². The fourth-order valence-corrected chi connectivity index (χ4v) is 3.91. The Bertz CT molecular complexity index is 775. The Morgan fingerprint density at radius 1 is 1.15 bits per heavy atom. The minimum absolute atomic E-state index is 0.434. The molecule has 6 heteroatoms. The van der Waals surface area contributed by atoms with Gasteiger partial charge in [-0.2, -0.15) is 4.98 Å². The van der Waals surface area contributed by atoms with Gasteiger partial charge < -0.3 is 15.0 Å². The normalized spacial score (nSPS) is 20.8. The number of anilines is 2. The van der Waals surface area contributed by atoms with Gasteiger partial charge in [0.15, 0.2) is 0 Å². The highest BCUT2D eigenvalue weighted by Crippen LogP contribution is 2.20. The third kappa shape index (κ3) is 4.57. The van der Waals surface area contributed by atoms with E-state index >= 15 is 0 Å². The topological polar surface area (TPSA) is 53.5 Å². The molecule has 2 aromatic rings. The average Bonchev–Trinajstić information content (AvgIpc) is 3.12. The summed E-state index contributed by atoms with van der Waals surface area (Å²) < 4.78 is 5.42. The van der Waals surface area contributed by atoms with E-state index < -0.39 is 0 Å². The fourth-order valence-electron chi connectivity index (χ4n) is 3.91. The predicted octanol–water partition coefficient (Wildman–Crippen LogP) is 2.62. The molecule has 4 rings (SSSR count). The van der Waals surface area contributed by atoms with E-state index in [-0.39, 0.29) is 0 Å². The van der Waals surface area contributed by atoms with Crippen molar-refractivity contribution in [3.8, 4) is 0 Å². The first-order valence-electron chi connectivity index (χ1n) is 9.88.